The van der Waals surface area contributed by atoms with Crippen LogP contribution in [0.2, 0.25) is 13.1 Å². The molecule has 0 aliphatic heterocycles. The Kier molecular flexibility index (Phi) is 9.13. The largest absolute Gasteiger partial charge is 0.679 e. The Morgan fingerprint density at radius 2 is 0.880 bits per heavy atom. The average molecular weight is 417 g/mol. The summed E-state index contributed by atoms with van der Waals surface area (Å²) >= 11 is 0. The Morgan fingerprint density at radius 3 is 1.12 bits per heavy atom. The van der Waals surface area contributed by atoms with Gasteiger partial charge in [-0.2, -0.15) is 0 Å². The van der Waals surface area contributed by atoms with Crippen LogP contribution >= 0.6 is 0 Å². The molecule has 0 aromatic rings. The zero-order valence-corrected chi connectivity index (χ0v) is 20.8. The summed E-state index contributed by atoms with van der Waals surface area (Å²) in [6, 6.07) is 0. The van der Waals surface area contributed by atoms with Gasteiger partial charge < -0.3 is 35.1 Å². The molecule has 1 atom stereocenters. The molecule has 0 aliphatic rings. The maximum atomic E-state index is 6.45. The minimum atomic E-state index is -3.33. The van der Waals surface area contributed by atoms with Gasteiger partial charge >= 0.3 is 18.1 Å². The number of rotatable bonds is 11. The van der Waals surface area contributed by atoms with Crippen molar-refractivity contribution in [3.63, 3.8) is 0 Å². The van der Waals surface area contributed by atoms with Crippen molar-refractivity contribution in [2.45, 2.75) is 46.0 Å². The number of hydrogen-bond acceptors (Lipinski definition) is 8. The summed E-state index contributed by atoms with van der Waals surface area (Å²) in [6.07, 6.45) is 0. The van der Waals surface area contributed by atoms with Gasteiger partial charge in [0.1, 0.15) is 0 Å². The predicted octanol–water partition coefficient (Wildman–Crippen LogP) is 2.32. The standard InChI is InChI=1S/C14H36O8Si3/c1-13(2,3)14(4,21-24(15-5,16-6)17-7)23(11,12)22-25(18-8,19-9)20-10/h1-12H3. The molecule has 11 heteroatoms. The highest BCUT2D eigenvalue weighted by Gasteiger charge is 2.64. The molecule has 0 amide bonds. The SMILES string of the molecule is CO[Si](OC)(OC)OC(C)(C(C)(C)C)[Si](C)(C)O[Si](OC)(OC)OC. The van der Waals surface area contributed by atoms with E-state index in [1.165, 1.54) is 42.7 Å². The zero-order chi connectivity index (χ0) is 20.2. The molecule has 0 N–H and O–H groups in total. The van der Waals surface area contributed by atoms with Gasteiger partial charge in [0.2, 0.25) is 8.32 Å². The maximum Gasteiger partial charge on any atom is 0.679 e. The summed E-state index contributed by atoms with van der Waals surface area (Å²) in [5.41, 5.74) is -0.327. The molecular formula is C14H36O8Si3. The van der Waals surface area contributed by atoms with Crippen LogP contribution in [0.3, 0.4) is 0 Å². The summed E-state index contributed by atoms with van der Waals surface area (Å²) in [5.74, 6) is 0. The summed E-state index contributed by atoms with van der Waals surface area (Å²) in [4.78, 5) is 0. The topological polar surface area (TPSA) is 73.8 Å². The van der Waals surface area contributed by atoms with Crippen molar-refractivity contribution >= 4 is 26.4 Å². The van der Waals surface area contributed by atoms with E-state index in [1.807, 2.05) is 20.0 Å². The third-order valence-electron chi connectivity index (χ3n) is 4.79. The lowest BCUT2D eigenvalue weighted by Crippen LogP contribution is -2.71. The monoisotopic (exact) mass is 416 g/mol. The van der Waals surface area contributed by atoms with Gasteiger partial charge in [0.05, 0.1) is 5.22 Å². The van der Waals surface area contributed by atoms with E-state index in [2.05, 4.69) is 20.8 Å². The van der Waals surface area contributed by atoms with Crippen LogP contribution < -0.4 is 0 Å². The molecule has 0 saturated heterocycles. The first kappa shape index (κ1) is 25.3. The van der Waals surface area contributed by atoms with E-state index in [0.717, 1.165) is 0 Å². The highest BCUT2D eigenvalue weighted by Crippen LogP contribution is 2.44. The van der Waals surface area contributed by atoms with Crippen LogP contribution in [0.1, 0.15) is 27.7 Å². The molecule has 1 unspecified atom stereocenters. The van der Waals surface area contributed by atoms with Gasteiger partial charge in [0.15, 0.2) is 0 Å². The van der Waals surface area contributed by atoms with Crippen LogP contribution in [0.4, 0.5) is 0 Å². The first-order valence-electron chi connectivity index (χ1n) is 7.99. The molecule has 0 bridgehead atoms. The molecule has 0 aromatic carbocycles. The predicted molar refractivity (Wildman–Crippen MR) is 101 cm³/mol. The molecule has 0 aliphatic carbocycles. The van der Waals surface area contributed by atoms with Crippen molar-refractivity contribution in [1.29, 1.82) is 0 Å². The summed E-state index contributed by atoms with van der Waals surface area (Å²) in [5, 5.41) is -0.776. The molecule has 0 saturated carbocycles. The van der Waals surface area contributed by atoms with E-state index in [1.54, 1.807) is 0 Å². The van der Waals surface area contributed by atoms with Gasteiger partial charge in [-0.05, 0) is 25.4 Å². The van der Waals surface area contributed by atoms with Gasteiger partial charge in [-0.3, -0.25) is 0 Å². The summed E-state index contributed by atoms with van der Waals surface area (Å²) in [7, 11) is -0.229. The van der Waals surface area contributed by atoms with E-state index in [-0.39, 0.29) is 5.41 Å². The quantitative estimate of drug-likeness (QED) is 0.475. The van der Waals surface area contributed by atoms with E-state index >= 15 is 0 Å². The number of hydrogen-bond donors (Lipinski definition) is 0. The second-order valence-corrected chi connectivity index (χ2v) is 16.7. The Labute approximate surface area is 156 Å². The minimum absolute atomic E-state index is 0.327. The van der Waals surface area contributed by atoms with Gasteiger partial charge in [0.25, 0.3) is 0 Å². The second kappa shape index (κ2) is 9.01. The fourth-order valence-electron chi connectivity index (χ4n) is 2.59. The van der Waals surface area contributed by atoms with Crippen LogP contribution in [0.15, 0.2) is 0 Å². The van der Waals surface area contributed by atoms with Gasteiger partial charge in [0, 0.05) is 42.7 Å². The van der Waals surface area contributed by atoms with Crippen LogP contribution in [0.5, 0.6) is 0 Å². The maximum absolute atomic E-state index is 6.45. The zero-order valence-electron chi connectivity index (χ0n) is 17.8. The van der Waals surface area contributed by atoms with Crippen molar-refractivity contribution in [3.8, 4) is 0 Å². The van der Waals surface area contributed by atoms with Crippen molar-refractivity contribution in [2.24, 2.45) is 5.41 Å². The van der Waals surface area contributed by atoms with Gasteiger partial charge in [-0.15, -0.1) is 0 Å². The molecule has 152 valence electrons. The normalized spacial score (nSPS) is 16.8. The third kappa shape index (κ3) is 5.19. The Bertz CT molecular complexity index is 391. The summed E-state index contributed by atoms with van der Waals surface area (Å²) in [6.45, 7) is 12.2. The van der Waals surface area contributed by atoms with Crippen LogP contribution in [-0.4, -0.2) is 74.3 Å². The average Bonchev–Trinajstić information content (AvgIpc) is 2.56. The first-order valence-corrected chi connectivity index (χ1v) is 14.2. The van der Waals surface area contributed by atoms with Crippen LogP contribution in [0, 0.1) is 5.41 Å². The molecule has 25 heavy (non-hydrogen) atoms. The lowest BCUT2D eigenvalue weighted by Gasteiger charge is -2.53. The highest BCUT2D eigenvalue weighted by molar-refractivity contribution is 6.81. The molecule has 0 fully saturated rings. The Hall–Kier alpha value is 0.331. The first-order chi connectivity index (χ1) is 11.3. The molecule has 0 aromatic heterocycles. The van der Waals surface area contributed by atoms with Gasteiger partial charge in [-0.25, -0.2) is 0 Å². The molecule has 0 heterocycles. The summed E-state index contributed by atoms with van der Waals surface area (Å²) < 4.78 is 45.7. The highest BCUT2D eigenvalue weighted by atomic mass is 28.5. The van der Waals surface area contributed by atoms with E-state index in [4.69, 9.17) is 35.1 Å². The molecule has 0 spiro atoms. The van der Waals surface area contributed by atoms with E-state index in [0.29, 0.717) is 0 Å². The Balaban J connectivity index is 6.09. The fraction of sp³-hybridized carbons (Fsp3) is 1.00. The lowest BCUT2D eigenvalue weighted by molar-refractivity contribution is -0.0818. The molecule has 8 nitrogen and oxygen atoms in total. The van der Waals surface area contributed by atoms with Crippen LogP contribution in [-0.2, 0) is 35.1 Å². The molecule has 0 rings (SSSR count). The molecular weight excluding hydrogens is 380 g/mol. The van der Waals surface area contributed by atoms with Gasteiger partial charge in [-0.1, -0.05) is 20.8 Å². The van der Waals surface area contributed by atoms with Crippen LogP contribution in [0.25, 0.3) is 0 Å². The van der Waals surface area contributed by atoms with Crippen molar-refractivity contribution in [3.05, 3.63) is 0 Å². The van der Waals surface area contributed by atoms with Crippen molar-refractivity contribution in [2.75, 3.05) is 42.7 Å². The smallest absolute Gasteiger partial charge is 0.391 e. The fourth-order valence-corrected chi connectivity index (χ4v) is 12.1. The van der Waals surface area contributed by atoms with Crippen molar-refractivity contribution in [1.82, 2.24) is 0 Å². The van der Waals surface area contributed by atoms with E-state index < -0.39 is 31.6 Å². The minimum Gasteiger partial charge on any atom is -0.391 e. The van der Waals surface area contributed by atoms with E-state index in [9.17, 15) is 0 Å². The molecule has 0 radical (unpaired) electrons. The lowest BCUT2D eigenvalue weighted by atomic mass is 9.89. The van der Waals surface area contributed by atoms with Crippen molar-refractivity contribution < 1.29 is 35.1 Å². The second-order valence-electron chi connectivity index (χ2n) is 7.22. The Morgan fingerprint density at radius 1 is 0.560 bits per heavy atom. The third-order valence-corrected chi connectivity index (χ3v) is 14.8.